The predicted octanol–water partition coefficient (Wildman–Crippen LogP) is 2.69. The van der Waals surface area contributed by atoms with Gasteiger partial charge in [-0.2, -0.15) is 8.42 Å². The number of benzene rings is 2. The van der Waals surface area contributed by atoms with Gasteiger partial charge in [-0.3, -0.25) is 4.55 Å². The lowest BCUT2D eigenvalue weighted by molar-refractivity contribution is 0.0389. The number of hydrogen-bond donors (Lipinski definition) is 1. The Balaban J connectivity index is 2.65. The topological polar surface area (TPSA) is 97.7 Å². The van der Waals surface area contributed by atoms with Crippen LogP contribution in [0.15, 0.2) is 29.2 Å². The molecule has 0 saturated carbocycles. The lowest BCUT2D eigenvalue weighted by atomic mass is 9.80. The van der Waals surface area contributed by atoms with Crippen molar-refractivity contribution in [2.45, 2.75) is 31.1 Å². The number of ether oxygens (including phenoxy) is 1. The van der Waals surface area contributed by atoms with Crippen molar-refractivity contribution in [3.05, 3.63) is 41.0 Å². The number of carbonyl (C=O) groups is 2. The summed E-state index contributed by atoms with van der Waals surface area (Å²) in [6.45, 7) is 5.39. The Kier molecular flexibility index (Phi) is 3.14. The van der Waals surface area contributed by atoms with Crippen LogP contribution in [0.1, 0.15) is 47.1 Å². The molecule has 0 spiro atoms. The molecule has 23 heavy (non-hydrogen) atoms. The van der Waals surface area contributed by atoms with Crippen LogP contribution in [-0.4, -0.2) is 24.9 Å². The fourth-order valence-electron chi connectivity index (χ4n) is 2.82. The molecule has 6 nitrogen and oxygen atoms in total. The van der Waals surface area contributed by atoms with Gasteiger partial charge in [0.15, 0.2) is 0 Å². The SMILES string of the molecule is CC(C)(C)c1cc(S(=O)(=O)O)c2cccc3c2c1C(=O)OC3=O. The minimum absolute atomic E-state index is 0.105. The van der Waals surface area contributed by atoms with Crippen LogP contribution in [0.3, 0.4) is 0 Å². The molecule has 1 aliphatic heterocycles. The molecule has 2 aromatic rings. The Morgan fingerprint density at radius 2 is 1.74 bits per heavy atom. The second-order valence-corrected chi connectivity index (χ2v) is 7.82. The van der Waals surface area contributed by atoms with Gasteiger partial charge < -0.3 is 4.74 Å². The van der Waals surface area contributed by atoms with Crippen molar-refractivity contribution < 1.29 is 27.3 Å². The summed E-state index contributed by atoms with van der Waals surface area (Å²) >= 11 is 0. The Morgan fingerprint density at radius 1 is 1.09 bits per heavy atom. The maximum absolute atomic E-state index is 12.3. The van der Waals surface area contributed by atoms with E-state index in [4.69, 9.17) is 4.74 Å². The van der Waals surface area contributed by atoms with Crippen LogP contribution < -0.4 is 0 Å². The highest BCUT2D eigenvalue weighted by Gasteiger charge is 2.35. The normalized spacial score (nSPS) is 15.0. The minimum Gasteiger partial charge on any atom is -0.386 e. The van der Waals surface area contributed by atoms with Crippen molar-refractivity contribution in [2.75, 3.05) is 0 Å². The van der Waals surface area contributed by atoms with Crippen molar-refractivity contribution in [2.24, 2.45) is 0 Å². The Bertz CT molecular complexity index is 980. The molecule has 120 valence electrons. The van der Waals surface area contributed by atoms with Crippen LogP contribution in [0.5, 0.6) is 0 Å². The van der Waals surface area contributed by atoms with Gasteiger partial charge in [0.2, 0.25) is 0 Å². The third-order valence-corrected chi connectivity index (χ3v) is 4.71. The van der Waals surface area contributed by atoms with Crippen LogP contribution in [-0.2, 0) is 20.3 Å². The fourth-order valence-corrected chi connectivity index (χ4v) is 3.53. The second kappa shape index (κ2) is 4.62. The predicted molar refractivity (Wildman–Crippen MR) is 82.2 cm³/mol. The summed E-state index contributed by atoms with van der Waals surface area (Å²) in [5, 5.41) is 0.326. The van der Waals surface area contributed by atoms with Crippen molar-refractivity contribution in [1.82, 2.24) is 0 Å². The van der Waals surface area contributed by atoms with Crippen LogP contribution in [0.4, 0.5) is 0 Å². The number of hydrogen-bond acceptors (Lipinski definition) is 5. The average Bonchev–Trinajstić information content (AvgIpc) is 2.41. The lowest BCUT2D eigenvalue weighted by Crippen LogP contribution is -2.26. The molecular formula is C16H14O6S. The average molecular weight is 334 g/mol. The maximum Gasteiger partial charge on any atom is 0.346 e. The van der Waals surface area contributed by atoms with E-state index in [1.807, 2.05) is 0 Å². The van der Waals surface area contributed by atoms with Crippen molar-refractivity contribution in [3.63, 3.8) is 0 Å². The van der Waals surface area contributed by atoms with E-state index in [0.29, 0.717) is 5.56 Å². The molecule has 0 amide bonds. The zero-order valence-electron chi connectivity index (χ0n) is 12.7. The van der Waals surface area contributed by atoms with Crippen molar-refractivity contribution in [1.29, 1.82) is 0 Å². The molecule has 0 saturated heterocycles. The summed E-state index contributed by atoms with van der Waals surface area (Å²) in [5.41, 5.74) is 0.0564. The summed E-state index contributed by atoms with van der Waals surface area (Å²) in [6, 6.07) is 5.66. The van der Waals surface area contributed by atoms with E-state index in [0.717, 1.165) is 0 Å². The summed E-state index contributed by atoms with van der Waals surface area (Å²) in [5.74, 6) is -1.65. The zero-order valence-corrected chi connectivity index (χ0v) is 13.5. The molecule has 1 heterocycles. The molecule has 3 rings (SSSR count). The first kappa shape index (κ1) is 15.6. The highest BCUT2D eigenvalue weighted by Crippen LogP contribution is 2.39. The quantitative estimate of drug-likeness (QED) is 0.489. The van der Waals surface area contributed by atoms with Crippen LogP contribution in [0.2, 0.25) is 0 Å². The summed E-state index contributed by atoms with van der Waals surface area (Å²) in [7, 11) is -4.53. The first-order chi connectivity index (χ1) is 10.5. The smallest absolute Gasteiger partial charge is 0.346 e. The summed E-state index contributed by atoms with van der Waals surface area (Å²) in [6.07, 6.45) is 0. The van der Waals surface area contributed by atoms with E-state index >= 15 is 0 Å². The number of cyclic esters (lactones) is 2. The minimum atomic E-state index is -4.53. The van der Waals surface area contributed by atoms with E-state index in [2.05, 4.69) is 0 Å². The molecule has 0 aromatic heterocycles. The van der Waals surface area contributed by atoms with Gasteiger partial charge in [-0.25, -0.2) is 9.59 Å². The van der Waals surface area contributed by atoms with Gasteiger partial charge in [0.05, 0.1) is 11.1 Å². The van der Waals surface area contributed by atoms with Gasteiger partial charge in [0.25, 0.3) is 10.1 Å². The third kappa shape index (κ3) is 2.32. The molecule has 0 aliphatic carbocycles. The van der Waals surface area contributed by atoms with Gasteiger partial charge in [-0.15, -0.1) is 0 Å². The molecule has 1 aliphatic rings. The molecule has 0 unspecified atom stereocenters. The van der Waals surface area contributed by atoms with E-state index < -0.39 is 27.5 Å². The van der Waals surface area contributed by atoms with Crippen molar-refractivity contribution >= 4 is 32.8 Å². The highest BCUT2D eigenvalue weighted by atomic mass is 32.2. The van der Waals surface area contributed by atoms with Crippen LogP contribution in [0, 0.1) is 0 Å². The molecule has 0 fully saturated rings. The molecule has 2 aromatic carbocycles. The van der Waals surface area contributed by atoms with E-state index in [1.54, 1.807) is 20.8 Å². The number of rotatable bonds is 1. The monoisotopic (exact) mass is 334 g/mol. The van der Waals surface area contributed by atoms with Gasteiger partial charge in [0, 0.05) is 10.8 Å². The maximum atomic E-state index is 12.3. The third-order valence-electron chi connectivity index (χ3n) is 3.82. The van der Waals surface area contributed by atoms with Gasteiger partial charge >= 0.3 is 11.9 Å². The molecule has 7 heteroatoms. The molecular weight excluding hydrogens is 320 g/mol. The second-order valence-electron chi connectivity index (χ2n) is 6.43. The summed E-state index contributed by atoms with van der Waals surface area (Å²) in [4.78, 5) is 23.9. The number of carbonyl (C=O) groups excluding carboxylic acids is 2. The molecule has 0 bridgehead atoms. The Morgan fingerprint density at radius 3 is 2.30 bits per heavy atom. The molecule has 1 N–H and O–H groups in total. The first-order valence-corrected chi connectivity index (χ1v) is 8.30. The summed E-state index contributed by atoms with van der Waals surface area (Å²) < 4.78 is 37.9. The van der Waals surface area contributed by atoms with Gasteiger partial charge in [-0.1, -0.05) is 32.9 Å². The Hall–Kier alpha value is -2.25. The van der Waals surface area contributed by atoms with Gasteiger partial charge in [-0.05, 0) is 23.1 Å². The standard InChI is InChI=1S/C16H14O6S/c1-16(2,3)10-7-11(23(19,20)21)8-5-4-6-9-12(8)13(10)15(18)22-14(9)17/h4-7H,1-3H3,(H,19,20,21). The van der Waals surface area contributed by atoms with Gasteiger partial charge in [0.1, 0.15) is 4.90 Å². The number of esters is 2. The lowest BCUT2D eigenvalue weighted by Gasteiger charge is -2.27. The van der Waals surface area contributed by atoms with Crippen molar-refractivity contribution in [3.8, 4) is 0 Å². The zero-order chi connectivity index (χ0) is 17.2. The van der Waals surface area contributed by atoms with Crippen LogP contribution in [0.25, 0.3) is 10.8 Å². The van der Waals surface area contributed by atoms with E-state index in [9.17, 15) is 22.6 Å². The fraction of sp³-hybridized carbons (Fsp3) is 0.250. The molecule has 0 atom stereocenters. The van der Waals surface area contributed by atoms with E-state index in [1.165, 1.54) is 24.3 Å². The molecule has 0 radical (unpaired) electrons. The largest absolute Gasteiger partial charge is 0.386 e. The first-order valence-electron chi connectivity index (χ1n) is 6.86. The van der Waals surface area contributed by atoms with Crippen LogP contribution >= 0.6 is 0 Å². The highest BCUT2D eigenvalue weighted by molar-refractivity contribution is 7.86. The Labute approximate surface area is 132 Å². The van der Waals surface area contributed by atoms with E-state index in [-0.39, 0.29) is 26.8 Å².